The lowest BCUT2D eigenvalue weighted by molar-refractivity contribution is 0.309. The van der Waals surface area contributed by atoms with E-state index in [1.807, 2.05) is 19.1 Å². The second-order valence-electron chi connectivity index (χ2n) is 3.59. The van der Waals surface area contributed by atoms with Crippen LogP contribution in [0.2, 0.25) is 0 Å². The van der Waals surface area contributed by atoms with Gasteiger partial charge in [-0.3, -0.25) is 0 Å². The molecule has 3 nitrogen and oxygen atoms in total. The Morgan fingerprint density at radius 2 is 2.07 bits per heavy atom. The van der Waals surface area contributed by atoms with E-state index >= 15 is 0 Å². The molecule has 0 amide bonds. The van der Waals surface area contributed by atoms with E-state index < -0.39 is 7.12 Å². The summed E-state index contributed by atoms with van der Waals surface area (Å²) in [4.78, 5) is 0. The number of unbranched alkanes of at least 4 members (excludes halogenated alkanes) is 1. The van der Waals surface area contributed by atoms with Crippen LogP contribution in [0.4, 0.5) is 0 Å². The maximum atomic E-state index is 9.10. The fourth-order valence-corrected chi connectivity index (χ4v) is 1.32. The molecule has 15 heavy (non-hydrogen) atoms. The average Bonchev–Trinajstić information content (AvgIpc) is 2.20. The fraction of sp³-hybridized carbons (Fsp3) is 0.455. The quantitative estimate of drug-likeness (QED) is 0.557. The molecule has 0 fully saturated rings. The highest BCUT2D eigenvalue weighted by Crippen LogP contribution is 2.10. The minimum Gasteiger partial charge on any atom is -0.494 e. The highest BCUT2D eigenvalue weighted by Gasteiger charge is 2.14. The van der Waals surface area contributed by atoms with Gasteiger partial charge in [0.2, 0.25) is 0 Å². The third kappa shape index (κ3) is 3.57. The molecule has 82 valence electrons. The van der Waals surface area contributed by atoms with E-state index in [-0.39, 0.29) is 0 Å². The van der Waals surface area contributed by atoms with Crippen molar-refractivity contribution in [1.82, 2.24) is 0 Å². The van der Waals surface area contributed by atoms with Crippen LogP contribution in [-0.2, 0) is 0 Å². The molecule has 0 aliphatic rings. The lowest BCUT2D eigenvalue weighted by Crippen LogP contribution is -2.32. The van der Waals surface area contributed by atoms with Crippen LogP contribution in [0.5, 0.6) is 5.75 Å². The molecule has 4 heteroatoms. The van der Waals surface area contributed by atoms with E-state index in [0.717, 1.165) is 18.4 Å². The van der Waals surface area contributed by atoms with Crippen LogP contribution >= 0.6 is 0 Å². The molecule has 2 N–H and O–H groups in total. The van der Waals surface area contributed by atoms with Gasteiger partial charge in [0, 0.05) is 0 Å². The highest BCUT2D eigenvalue weighted by molar-refractivity contribution is 6.59. The number of benzene rings is 1. The number of aryl methyl sites for hydroxylation is 1. The standard InChI is InChI=1S/C11H17BO3/c1-3-4-7-15-10-6-5-9(2)11(8-10)12(13)14/h5-6,8,13-14H,3-4,7H2,1-2H3. The van der Waals surface area contributed by atoms with Crippen molar-refractivity contribution in [3.63, 3.8) is 0 Å². The Hall–Kier alpha value is -0.995. The van der Waals surface area contributed by atoms with Crippen LogP contribution in [0.1, 0.15) is 25.3 Å². The summed E-state index contributed by atoms with van der Waals surface area (Å²) in [5.41, 5.74) is 1.36. The molecule has 0 saturated carbocycles. The van der Waals surface area contributed by atoms with Crippen LogP contribution in [0, 0.1) is 6.92 Å². The molecule has 0 bridgehead atoms. The van der Waals surface area contributed by atoms with Gasteiger partial charge in [-0.15, -0.1) is 0 Å². The zero-order valence-corrected chi connectivity index (χ0v) is 9.23. The largest absolute Gasteiger partial charge is 0.494 e. The molecule has 0 aliphatic carbocycles. The Balaban J connectivity index is 2.70. The number of hydrogen-bond acceptors (Lipinski definition) is 3. The van der Waals surface area contributed by atoms with Crippen LogP contribution in [-0.4, -0.2) is 23.8 Å². The van der Waals surface area contributed by atoms with Gasteiger partial charge in [0.1, 0.15) is 5.75 Å². The smallest absolute Gasteiger partial charge is 0.488 e. The van der Waals surface area contributed by atoms with Gasteiger partial charge >= 0.3 is 7.12 Å². The summed E-state index contributed by atoms with van der Waals surface area (Å²) in [6, 6.07) is 5.35. The maximum absolute atomic E-state index is 9.10. The third-order valence-corrected chi connectivity index (χ3v) is 2.30. The normalized spacial score (nSPS) is 10.1. The average molecular weight is 208 g/mol. The Labute approximate surface area is 90.9 Å². The number of rotatable bonds is 5. The first-order valence-corrected chi connectivity index (χ1v) is 5.24. The first kappa shape index (κ1) is 12.1. The Bertz CT molecular complexity index is 313. The molecule has 0 saturated heterocycles. The Morgan fingerprint density at radius 3 is 2.67 bits per heavy atom. The van der Waals surface area contributed by atoms with Gasteiger partial charge in [-0.1, -0.05) is 25.0 Å². The number of hydrogen-bond donors (Lipinski definition) is 2. The van der Waals surface area contributed by atoms with Crippen LogP contribution in [0.25, 0.3) is 0 Å². The zero-order valence-electron chi connectivity index (χ0n) is 9.23. The lowest BCUT2D eigenvalue weighted by atomic mass is 9.77. The minimum atomic E-state index is -1.43. The molecule has 0 radical (unpaired) electrons. The molecule has 0 aromatic heterocycles. The maximum Gasteiger partial charge on any atom is 0.488 e. The van der Waals surface area contributed by atoms with Crippen molar-refractivity contribution in [1.29, 1.82) is 0 Å². The van der Waals surface area contributed by atoms with Crippen molar-refractivity contribution in [3.05, 3.63) is 23.8 Å². The molecular formula is C11H17BO3. The van der Waals surface area contributed by atoms with E-state index in [4.69, 9.17) is 14.8 Å². The highest BCUT2D eigenvalue weighted by atomic mass is 16.5. The molecule has 1 aromatic rings. The predicted molar refractivity (Wildman–Crippen MR) is 61.4 cm³/mol. The first-order valence-electron chi connectivity index (χ1n) is 5.24. The third-order valence-electron chi connectivity index (χ3n) is 2.30. The van der Waals surface area contributed by atoms with E-state index in [9.17, 15) is 0 Å². The molecule has 0 atom stereocenters. The van der Waals surface area contributed by atoms with Gasteiger partial charge in [0.25, 0.3) is 0 Å². The second-order valence-corrected chi connectivity index (χ2v) is 3.59. The van der Waals surface area contributed by atoms with Crippen molar-refractivity contribution in [3.8, 4) is 5.75 Å². The van der Waals surface area contributed by atoms with Gasteiger partial charge in [-0.05, 0) is 30.9 Å². The van der Waals surface area contributed by atoms with E-state index in [1.165, 1.54) is 0 Å². The lowest BCUT2D eigenvalue weighted by Gasteiger charge is -2.09. The fourth-order valence-electron chi connectivity index (χ4n) is 1.32. The summed E-state index contributed by atoms with van der Waals surface area (Å²) in [7, 11) is -1.43. The van der Waals surface area contributed by atoms with Gasteiger partial charge < -0.3 is 14.8 Å². The zero-order chi connectivity index (χ0) is 11.3. The first-order chi connectivity index (χ1) is 7.15. The van der Waals surface area contributed by atoms with Gasteiger partial charge in [-0.2, -0.15) is 0 Å². The molecule has 0 aliphatic heterocycles. The summed E-state index contributed by atoms with van der Waals surface area (Å²) in [6.45, 7) is 4.60. The summed E-state index contributed by atoms with van der Waals surface area (Å²) in [5, 5.41) is 18.2. The van der Waals surface area contributed by atoms with Crippen LogP contribution in [0.3, 0.4) is 0 Å². The molecule has 0 unspecified atom stereocenters. The molecule has 1 rings (SSSR count). The van der Waals surface area contributed by atoms with Gasteiger partial charge in [-0.25, -0.2) is 0 Å². The predicted octanol–water partition coefficient (Wildman–Crippen LogP) is 0.854. The summed E-state index contributed by atoms with van der Waals surface area (Å²) < 4.78 is 5.47. The number of ether oxygens (including phenoxy) is 1. The van der Waals surface area contributed by atoms with E-state index in [1.54, 1.807) is 6.07 Å². The Kier molecular flexibility index (Phi) is 4.65. The van der Waals surface area contributed by atoms with Crippen LogP contribution < -0.4 is 10.2 Å². The van der Waals surface area contributed by atoms with Gasteiger partial charge in [0.05, 0.1) is 6.61 Å². The summed E-state index contributed by atoms with van der Waals surface area (Å²) >= 11 is 0. The van der Waals surface area contributed by atoms with Crippen molar-refractivity contribution < 1.29 is 14.8 Å². The van der Waals surface area contributed by atoms with Crippen molar-refractivity contribution in [2.75, 3.05) is 6.61 Å². The topological polar surface area (TPSA) is 49.7 Å². The SMILES string of the molecule is CCCCOc1ccc(C)c(B(O)O)c1. The van der Waals surface area contributed by atoms with Gasteiger partial charge in [0.15, 0.2) is 0 Å². The Morgan fingerprint density at radius 1 is 1.33 bits per heavy atom. The van der Waals surface area contributed by atoms with E-state index in [2.05, 4.69) is 6.92 Å². The van der Waals surface area contributed by atoms with Crippen molar-refractivity contribution in [2.45, 2.75) is 26.7 Å². The summed E-state index contributed by atoms with van der Waals surface area (Å²) in [6.07, 6.45) is 2.09. The molecule has 0 heterocycles. The monoisotopic (exact) mass is 208 g/mol. The summed E-state index contributed by atoms with van der Waals surface area (Å²) in [5.74, 6) is 0.692. The molecule has 0 spiro atoms. The van der Waals surface area contributed by atoms with Crippen LogP contribution in [0.15, 0.2) is 18.2 Å². The van der Waals surface area contributed by atoms with Crippen molar-refractivity contribution >= 4 is 12.6 Å². The minimum absolute atomic E-state index is 0.504. The molecule has 1 aromatic carbocycles. The second kappa shape index (κ2) is 5.78. The van der Waals surface area contributed by atoms with E-state index in [0.29, 0.717) is 17.8 Å². The van der Waals surface area contributed by atoms with Crippen molar-refractivity contribution in [2.24, 2.45) is 0 Å². The molecular weight excluding hydrogens is 191 g/mol.